The minimum absolute atomic E-state index is 0.201. The van der Waals surface area contributed by atoms with E-state index in [1.54, 1.807) is 19.1 Å². The molecule has 1 unspecified atom stereocenters. The summed E-state index contributed by atoms with van der Waals surface area (Å²) in [6, 6.07) is 6.14. The number of hydrogen-bond donors (Lipinski definition) is 2. The van der Waals surface area contributed by atoms with Gasteiger partial charge in [0.05, 0.1) is 10.5 Å². The van der Waals surface area contributed by atoms with Crippen molar-refractivity contribution in [3.63, 3.8) is 0 Å². The second-order valence-electron chi connectivity index (χ2n) is 6.07. The van der Waals surface area contributed by atoms with Crippen LogP contribution in [0.25, 0.3) is 10.1 Å². The predicted octanol–water partition coefficient (Wildman–Crippen LogP) is 3.57. The highest BCUT2D eigenvalue weighted by atomic mass is 32.1. The fourth-order valence-corrected chi connectivity index (χ4v) is 3.40. The lowest BCUT2D eigenvalue weighted by Gasteiger charge is -2.25. The number of carbonyl (C=O) groups excluding carboxylic acids is 1. The van der Waals surface area contributed by atoms with Crippen molar-refractivity contribution in [1.82, 2.24) is 5.32 Å². The van der Waals surface area contributed by atoms with Gasteiger partial charge in [-0.2, -0.15) is 0 Å². The van der Waals surface area contributed by atoms with Gasteiger partial charge in [0.2, 0.25) is 0 Å². The van der Waals surface area contributed by atoms with Crippen molar-refractivity contribution in [3.8, 4) is 0 Å². The van der Waals surface area contributed by atoms with E-state index in [0.29, 0.717) is 17.2 Å². The van der Waals surface area contributed by atoms with Crippen LogP contribution in [0.5, 0.6) is 0 Å². The van der Waals surface area contributed by atoms with Gasteiger partial charge in [0, 0.05) is 11.2 Å². The van der Waals surface area contributed by atoms with Crippen molar-refractivity contribution >= 4 is 27.3 Å². The van der Waals surface area contributed by atoms with E-state index in [9.17, 15) is 14.3 Å². The van der Waals surface area contributed by atoms with E-state index in [2.05, 4.69) is 5.32 Å². The summed E-state index contributed by atoms with van der Waals surface area (Å²) >= 11 is 1.32. The number of nitrogens with one attached hydrogen (secondary N) is 1. The van der Waals surface area contributed by atoms with E-state index in [1.165, 1.54) is 23.5 Å². The summed E-state index contributed by atoms with van der Waals surface area (Å²) in [5.74, 6) is -0.197. The summed E-state index contributed by atoms with van der Waals surface area (Å²) in [5.41, 5.74) is -0.924. The van der Waals surface area contributed by atoms with Crippen LogP contribution in [-0.4, -0.2) is 23.2 Å². The Labute approximate surface area is 127 Å². The van der Waals surface area contributed by atoms with Crippen LogP contribution >= 0.6 is 11.3 Å². The van der Waals surface area contributed by atoms with Crippen molar-refractivity contribution in [1.29, 1.82) is 0 Å². The van der Waals surface area contributed by atoms with Crippen molar-refractivity contribution < 1.29 is 14.3 Å². The number of fused-ring (bicyclic) bond motifs is 1. The molecule has 21 heavy (non-hydrogen) atoms. The fourth-order valence-electron chi connectivity index (χ4n) is 2.44. The Hall–Kier alpha value is -1.46. The quantitative estimate of drug-likeness (QED) is 0.887. The number of hydrogen-bond acceptors (Lipinski definition) is 3. The first-order chi connectivity index (χ1) is 9.77. The molecular formula is C16H20FNO2S. The molecule has 1 amide bonds. The molecule has 0 radical (unpaired) electrons. The highest BCUT2D eigenvalue weighted by molar-refractivity contribution is 7.20. The molecule has 0 aliphatic carbocycles. The molecule has 0 saturated carbocycles. The first-order valence-corrected chi connectivity index (χ1v) is 7.78. The van der Waals surface area contributed by atoms with Gasteiger partial charge in [0.1, 0.15) is 5.82 Å². The topological polar surface area (TPSA) is 49.3 Å². The van der Waals surface area contributed by atoms with Gasteiger partial charge in [-0.1, -0.05) is 13.8 Å². The van der Waals surface area contributed by atoms with E-state index in [-0.39, 0.29) is 18.3 Å². The van der Waals surface area contributed by atoms with Gasteiger partial charge in [0.15, 0.2) is 0 Å². The molecule has 0 aliphatic heterocycles. The van der Waals surface area contributed by atoms with Crippen LogP contribution in [0, 0.1) is 11.7 Å². The minimum atomic E-state index is -0.924. The number of carbonyl (C=O) groups is 1. The standard InChI is InChI=1S/C16H20FNO2S/c1-10(2)8-16(3,20)9-18-15(19)14-7-11-6-12(17)4-5-13(11)21-14/h4-7,10,20H,8-9H2,1-3H3,(H,18,19). The van der Waals surface area contributed by atoms with Gasteiger partial charge in [0.25, 0.3) is 5.91 Å². The number of halogens is 1. The average molecular weight is 309 g/mol. The van der Waals surface area contributed by atoms with Crippen LogP contribution < -0.4 is 5.32 Å². The van der Waals surface area contributed by atoms with Crippen molar-refractivity contribution in [3.05, 3.63) is 35.0 Å². The first-order valence-electron chi connectivity index (χ1n) is 6.96. The maximum absolute atomic E-state index is 13.1. The molecule has 2 rings (SSSR count). The lowest BCUT2D eigenvalue weighted by Crippen LogP contribution is -2.41. The third-order valence-corrected chi connectivity index (χ3v) is 4.29. The zero-order valence-corrected chi connectivity index (χ0v) is 13.3. The van der Waals surface area contributed by atoms with E-state index < -0.39 is 5.60 Å². The molecule has 2 N–H and O–H groups in total. The summed E-state index contributed by atoms with van der Waals surface area (Å²) in [7, 11) is 0. The molecular weight excluding hydrogens is 289 g/mol. The molecule has 3 nitrogen and oxygen atoms in total. The molecule has 0 saturated heterocycles. The van der Waals surface area contributed by atoms with Crippen molar-refractivity contribution in [2.24, 2.45) is 5.92 Å². The molecule has 5 heteroatoms. The number of rotatable bonds is 5. The van der Waals surface area contributed by atoms with Gasteiger partial charge in [-0.3, -0.25) is 4.79 Å². The van der Waals surface area contributed by atoms with Crippen molar-refractivity contribution in [2.75, 3.05) is 6.54 Å². The molecule has 0 fully saturated rings. The van der Waals surface area contributed by atoms with Crippen LogP contribution in [0.15, 0.2) is 24.3 Å². The Morgan fingerprint density at radius 3 is 2.81 bits per heavy atom. The maximum atomic E-state index is 13.1. The SMILES string of the molecule is CC(C)CC(C)(O)CNC(=O)c1cc2cc(F)ccc2s1. The van der Waals surface area contributed by atoms with Gasteiger partial charge >= 0.3 is 0 Å². The molecule has 2 aromatic rings. The molecule has 114 valence electrons. The Kier molecular flexibility index (Phi) is 4.64. The molecule has 1 atom stereocenters. The van der Waals surface area contributed by atoms with Gasteiger partial charge in [-0.15, -0.1) is 11.3 Å². The summed E-state index contributed by atoms with van der Waals surface area (Å²) in [6.07, 6.45) is 0.616. The molecule has 1 aromatic carbocycles. The Morgan fingerprint density at radius 1 is 1.43 bits per heavy atom. The molecule has 0 bridgehead atoms. The monoisotopic (exact) mass is 309 g/mol. The Bertz CT molecular complexity index is 649. The van der Waals surface area contributed by atoms with E-state index in [0.717, 1.165) is 10.1 Å². The van der Waals surface area contributed by atoms with Gasteiger partial charge in [-0.05, 0) is 48.9 Å². The Balaban J connectivity index is 2.05. The lowest BCUT2D eigenvalue weighted by molar-refractivity contribution is 0.0369. The molecule has 0 aliphatic rings. The summed E-state index contributed by atoms with van der Waals surface area (Å²) in [6.45, 7) is 5.97. The average Bonchev–Trinajstić information content (AvgIpc) is 2.77. The summed E-state index contributed by atoms with van der Waals surface area (Å²) in [4.78, 5) is 12.7. The molecule has 1 heterocycles. The second-order valence-corrected chi connectivity index (χ2v) is 7.15. The predicted molar refractivity (Wildman–Crippen MR) is 84.2 cm³/mol. The van der Waals surface area contributed by atoms with Gasteiger partial charge < -0.3 is 10.4 Å². The smallest absolute Gasteiger partial charge is 0.261 e. The molecule has 0 spiro atoms. The van der Waals surface area contributed by atoms with Crippen molar-refractivity contribution in [2.45, 2.75) is 32.8 Å². The van der Waals surface area contributed by atoms with E-state index in [1.807, 2.05) is 13.8 Å². The third kappa shape index (κ3) is 4.25. The van der Waals surface area contributed by atoms with E-state index in [4.69, 9.17) is 0 Å². The van der Waals surface area contributed by atoms with Crippen LogP contribution in [0.1, 0.15) is 36.9 Å². The van der Waals surface area contributed by atoms with Crippen LogP contribution in [-0.2, 0) is 0 Å². The molecule has 1 aromatic heterocycles. The second kappa shape index (κ2) is 6.12. The highest BCUT2D eigenvalue weighted by Gasteiger charge is 2.23. The zero-order valence-electron chi connectivity index (χ0n) is 12.4. The lowest BCUT2D eigenvalue weighted by atomic mass is 9.94. The van der Waals surface area contributed by atoms with Crippen LogP contribution in [0.4, 0.5) is 4.39 Å². The Morgan fingerprint density at radius 2 is 2.14 bits per heavy atom. The summed E-state index contributed by atoms with van der Waals surface area (Å²) in [5, 5.41) is 13.7. The summed E-state index contributed by atoms with van der Waals surface area (Å²) < 4.78 is 14.0. The van der Waals surface area contributed by atoms with E-state index >= 15 is 0 Å². The first kappa shape index (κ1) is 15.9. The number of amides is 1. The van der Waals surface area contributed by atoms with Crippen LogP contribution in [0.2, 0.25) is 0 Å². The minimum Gasteiger partial charge on any atom is -0.388 e. The largest absolute Gasteiger partial charge is 0.388 e. The van der Waals surface area contributed by atoms with Gasteiger partial charge in [-0.25, -0.2) is 4.39 Å². The highest BCUT2D eigenvalue weighted by Crippen LogP contribution is 2.26. The number of thiophene rings is 1. The van der Waals surface area contributed by atoms with Crippen LogP contribution in [0.3, 0.4) is 0 Å². The fraction of sp³-hybridized carbons (Fsp3) is 0.438. The normalized spacial score (nSPS) is 14.4. The zero-order chi connectivity index (χ0) is 15.6. The number of aliphatic hydroxyl groups is 1. The third-order valence-electron chi connectivity index (χ3n) is 3.18. The number of benzene rings is 1. The maximum Gasteiger partial charge on any atom is 0.261 e.